The predicted octanol–water partition coefficient (Wildman–Crippen LogP) is 1.93. The van der Waals surface area contributed by atoms with E-state index in [1.807, 2.05) is 19.1 Å². The first-order valence-electron chi connectivity index (χ1n) is 8.39. The molecule has 1 N–H and O–H groups in total. The number of esters is 1. The van der Waals surface area contributed by atoms with Gasteiger partial charge in [0, 0.05) is 18.1 Å². The van der Waals surface area contributed by atoms with Crippen LogP contribution in [0.5, 0.6) is 0 Å². The van der Waals surface area contributed by atoms with Gasteiger partial charge in [0.05, 0.1) is 18.4 Å². The SMILES string of the molecule is CCOC(=O)[C@]1(CC)N[C@@H](c2ccc(Cl)cc2)[C@H]2C(=O)N(C)C(=O)[C@@H]21. The Labute approximate surface area is 151 Å². The third kappa shape index (κ3) is 2.55. The van der Waals surface area contributed by atoms with Gasteiger partial charge in [-0.25, -0.2) is 0 Å². The number of hydrogen-bond donors (Lipinski definition) is 1. The van der Waals surface area contributed by atoms with Crippen molar-refractivity contribution in [3.63, 3.8) is 0 Å². The van der Waals surface area contributed by atoms with Crippen molar-refractivity contribution in [1.29, 1.82) is 0 Å². The average molecular weight is 365 g/mol. The molecule has 2 amide bonds. The van der Waals surface area contributed by atoms with Crippen molar-refractivity contribution in [3.05, 3.63) is 34.9 Å². The van der Waals surface area contributed by atoms with Crippen LogP contribution >= 0.6 is 11.6 Å². The molecule has 2 heterocycles. The highest BCUT2D eigenvalue weighted by atomic mass is 35.5. The van der Waals surface area contributed by atoms with Crippen LogP contribution in [0.4, 0.5) is 0 Å². The zero-order valence-corrected chi connectivity index (χ0v) is 15.2. The Balaban J connectivity index is 2.10. The standard InChI is InChI=1S/C18H21ClN2O4/c1-4-18(17(24)25-5-2)13-12(15(22)21(3)16(13)23)14(20-18)10-6-8-11(19)9-7-10/h6-9,12-14,20H,4-5H2,1-3H3/t12-,13+,14-,18+/m0/s1. The number of nitrogens with zero attached hydrogens (tertiary/aromatic N) is 1. The van der Waals surface area contributed by atoms with Gasteiger partial charge in [0.1, 0.15) is 5.54 Å². The number of amides is 2. The van der Waals surface area contributed by atoms with E-state index in [2.05, 4.69) is 5.32 Å². The van der Waals surface area contributed by atoms with E-state index >= 15 is 0 Å². The third-order valence-corrected chi connectivity index (χ3v) is 5.55. The first-order chi connectivity index (χ1) is 11.9. The van der Waals surface area contributed by atoms with E-state index in [-0.39, 0.29) is 18.4 Å². The number of benzene rings is 1. The van der Waals surface area contributed by atoms with Crippen LogP contribution in [0.2, 0.25) is 5.02 Å². The van der Waals surface area contributed by atoms with E-state index in [1.165, 1.54) is 7.05 Å². The number of ether oxygens (including phenoxy) is 1. The summed E-state index contributed by atoms with van der Waals surface area (Å²) < 4.78 is 5.25. The van der Waals surface area contributed by atoms with Crippen LogP contribution in [-0.2, 0) is 19.1 Å². The van der Waals surface area contributed by atoms with Gasteiger partial charge in [0.15, 0.2) is 0 Å². The fourth-order valence-electron chi connectivity index (χ4n) is 4.02. The van der Waals surface area contributed by atoms with Crippen LogP contribution < -0.4 is 5.32 Å². The number of fused-ring (bicyclic) bond motifs is 1. The van der Waals surface area contributed by atoms with Gasteiger partial charge in [-0.2, -0.15) is 0 Å². The number of nitrogens with one attached hydrogen (secondary N) is 1. The van der Waals surface area contributed by atoms with Crippen LogP contribution in [0, 0.1) is 11.8 Å². The third-order valence-electron chi connectivity index (χ3n) is 5.30. The van der Waals surface area contributed by atoms with Crippen LogP contribution in [0.3, 0.4) is 0 Å². The van der Waals surface area contributed by atoms with Gasteiger partial charge in [-0.05, 0) is 31.0 Å². The molecule has 3 rings (SSSR count). The second-order valence-corrected chi connectivity index (χ2v) is 6.89. The molecule has 0 spiro atoms. The minimum atomic E-state index is -1.21. The number of carbonyl (C=O) groups excluding carboxylic acids is 3. The molecule has 2 saturated heterocycles. The average Bonchev–Trinajstić information content (AvgIpc) is 3.06. The summed E-state index contributed by atoms with van der Waals surface area (Å²) >= 11 is 5.96. The lowest BCUT2D eigenvalue weighted by atomic mass is 9.78. The Morgan fingerprint density at radius 2 is 1.88 bits per heavy atom. The summed E-state index contributed by atoms with van der Waals surface area (Å²) in [6.45, 7) is 3.75. The fraction of sp³-hybridized carbons (Fsp3) is 0.500. The minimum absolute atomic E-state index is 0.212. The van der Waals surface area contributed by atoms with Crippen molar-refractivity contribution >= 4 is 29.4 Å². The lowest BCUT2D eigenvalue weighted by molar-refractivity contribution is -0.156. The second kappa shape index (κ2) is 6.42. The van der Waals surface area contributed by atoms with Crippen LogP contribution in [0.1, 0.15) is 31.9 Å². The molecule has 0 radical (unpaired) electrons. The summed E-state index contributed by atoms with van der Waals surface area (Å²) in [7, 11) is 1.47. The van der Waals surface area contributed by atoms with E-state index < -0.39 is 29.4 Å². The summed E-state index contributed by atoms with van der Waals surface area (Å²) in [5.41, 5.74) is -0.391. The van der Waals surface area contributed by atoms with E-state index in [1.54, 1.807) is 19.1 Å². The highest BCUT2D eigenvalue weighted by Gasteiger charge is 2.67. The van der Waals surface area contributed by atoms with Crippen LogP contribution in [-0.4, -0.2) is 41.9 Å². The molecule has 0 saturated carbocycles. The first-order valence-corrected chi connectivity index (χ1v) is 8.77. The monoisotopic (exact) mass is 364 g/mol. The predicted molar refractivity (Wildman–Crippen MR) is 91.7 cm³/mol. The van der Waals surface area contributed by atoms with Crippen molar-refractivity contribution in [3.8, 4) is 0 Å². The van der Waals surface area contributed by atoms with E-state index in [4.69, 9.17) is 16.3 Å². The Kier molecular flexibility index (Phi) is 4.60. The highest BCUT2D eigenvalue weighted by Crippen LogP contribution is 2.50. The number of imide groups is 1. The molecular weight excluding hydrogens is 344 g/mol. The van der Waals surface area contributed by atoms with Gasteiger partial charge in [-0.1, -0.05) is 30.7 Å². The minimum Gasteiger partial charge on any atom is -0.465 e. The molecule has 0 aromatic heterocycles. The van der Waals surface area contributed by atoms with E-state index in [0.29, 0.717) is 11.4 Å². The topological polar surface area (TPSA) is 75.7 Å². The quantitative estimate of drug-likeness (QED) is 0.652. The second-order valence-electron chi connectivity index (χ2n) is 6.46. The molecular formula is C18H21ClN2O4. The molecule has 0 unspecified atom stereocenters. The molecule has 2 aliphatic rings. The molecule has 4 atom stereocenters. The van der Waals surface area contributed by atoms with Crippen LogP contribution in [0.15, 0.2) is 24.3 Å². The fourth-order valence-corrected chi connectivity index (χ4v) is 4.15. The molecule has 7 heteroatoms. The normalized spacial score (nSPS) is 31.4. The molecule has 2 fully saturated rings. The number of carbonyl (C=O) groups is 3. The summed E-state index contributed by atoms with van der Waals surface area (Å²) in [4.78, 5) is 39.3. The van der Waals surface area contributed by atoms with Crippen molar-refractivity contribution in [1.82, 2.24) is 10.2 Å². The number of likely N-dealkylation sites (tertiary alicyclic amines) is 1. The molecule has 1 aromatic rings. The van der Waals surface area contributed by atoms with E-state index in [0.717, 1.165) is 10.5 Å². The molecule has 2 aliphatic heterocycles. The lowest BCUT2D eigenvalue weighted by Crippen LogP contribution is -2.55. The van der Waals surface area contributed by atoms with Gasteiger partial charge >= 0.3 is 5.97 Å². The first kappa shape index (κ1) is 17.9. The van der Waals surface area contributed by atoms with Crippen molar-refractivity contribution in [2.45, 2.75) is 31.8 Å². The van der Waals surface area contributed by atoms with Crippen molar-refractivity contribution < 1.29 is 19.1 Å². The van der Waals surface area contributed by atoms with Crippen LogP contribution in [0.25, 0.3) is 0 Å². The van der Waals surface area contributed by atoms with E-state index in [9.17, 15) is 14.4 Å². The zero-order valence-electron chi connectivity index (χ0n) is 14.4. The van der Waals surface area contributed by atoms with Gasteiger partial charge in [0.2, 0.25) is 11.8 Å². The van der Waals surface area contributed by atoms with Crippen molar-refractivity contribution in [2.24, 2.45) is 11.8 Å². The van der Waals surface area contributed by atoms with Gasteiger partial charge in [-0.3, -0.25) is 24.6 Å². The summed E-state index contributed by atoms with van der Waals surface area (Å²) in [6, 6.07) is 6.63. The highest BCUT2D eigenvalue weighted by molar-refractivity contribution is 6.30. The molecule has 6 nitrogen and oxygen atoms in total. The van der Waals surface area contributed by atoms with Gasteiger partial charge < -0.3 is 4.74 Å². The molecule has 0 aliphatic carbocycles. The Morgan fingerprint density at radius 3 is 2.44 bits per heavy atom. The number of hydrogen-bond acceptors (Lipinski definition) is 5. The lowest BCUT2D eigenvalue weighted by Gasteiger charge is -2.31. The zero-order chi connectivity index (χ0) is 18.4. The van der Waals surface area contributed by atoms with Crippen molar-refractivity contribution in [2.75, 3.05) is 13.7 Å². The summed E-state index contributed by atoms with van der Waals surface area (Å²) in [5, 5.41) is 3.85. The van der Waals surface area contributed by atoms with Gasteiger partial charge in [0.25, 0.3) is 0 Å². The summed E-state index contributed by atoms with van der Waals surface area (Å²) in [6.07, 6.45) is 0.351. The molecule has 1 aromatic carbocycles. The smallest absolute Gasteiger partial charge is 0.327 e. The Hall–Kier alpha value is -1.92. The maximum atomic E-state index is 12.7. The molecule has 25 heavy (non-hydrogen) atoms. The Morgan fingerprint density at radius 1 is 1.24 bits per heavy atom. The maximum absolute atomic E-state index is 12.7. The Bertz CT molecular complexity index is 720. The molecule has 134 valence electrons. The largest absolute Gasteiger partial charge is 0.465 e. The summed E-state index contributed by atoms with van der Waals surface area (Å²) in [5.74, 6) is -2.51. The maximum Gasteiger partial charge on any atom is 0.327 e. The molecule has 0 bridgehead atoms. The van der Waals surface area contributed by atoms with Gasteiger partial charge in [-0.15, -0.1) is 0 Å². The number of halogens is 1. The number of rotatable bonds is 4.